The number of benzene rings is 1. The summed E-state index contributed by atoms with van der Waals surface area (Å²) in [6.45, 7) is 3.15. The summed E-state index contributed by atoms with van der Waals surface area (Å²) in [5.41, 5.74) is 2.19. The van der Waals surface area contributed by atoms with Crippen molar-refractivity contribution in [2.45, 2.75) is 37.9 Å². The molecule has 4 rings (SSSR count). The number of hydrogen-bond acceptors (Lipinski definition) is 5. The first-order chi connectivity index (χ1) is 13.0. The maximum Gasteiger partial charge on any atom is 0.239 e. The molecule has 0 spiro atoms. The zero-order chi connectivity index (χ0) is 19.0. The van der Waals surface area contributed by atoms with Gasteiger partial charge in [-0.2, -0.15) is 0 Å². The predicted molar refractivity (Wildman–Crippen MR) is 103 cm³/mol. The van der Waals surface area contributed by atoms with E-state index in [1.54, 1.807) is 4.90 Å². The van der Waals surface area contributed by atoms with Gasteiger partial charge in [-0.3, -0.25) is 4.31 Å². The van der Waals surface area contributed by atoms with Crippen LogP contribution < -0.4 is 9.21 Å². The number of hydrogen-bond donors (Lipinski definition) is 0. The van der Waals surface area contributed by atoms with Crippen LogP contribution in [-0.4, -0.2) is 43.3 Å². The molecule has 0 saturated carbocycles. The second kappa shape index (κ2) is 7.07. The van der Waals surface area contributed by atoms with E-state index in [1.165, 1.54) is 10.6 Å². The van der Waals surface area contributed by atoms with Crippen LogP contribution in [0.2, 0.25) is 0 Å². The van der Waals surface area contributed by atoms with Crippen LogP contribution in [0.25, 0.3) is 0 Å². The van der Waals surface area contributed by atoms with Crippen LogP contribution in [0, 0.1) is 5.82 Å². The minimum Gasteiger partial charge on any atom is -0.353 e. The summed E-state index contributed by atoms with van der Waals surface area (Å²) >= 11 is 0. The summed E-state index contributed by atoms with van der Waals surface area (Å²) in [7, 11) is -3.52. The lowest BCUT2D eigenvalue weighted by atomic mass is 10.1. The van der Waals surface area contributed by atoms with Crippen LogP contribution >= 0.6 is 0 Å². The average Bonchev–Trinajstić information content (AvgIpc) is 3.13. The number of para-hydroxylation sites is 1. The summed E-state index contributed by atoms with van der Waals surface area (Å²) in [4.78, 5) is 9.81. The van der Waals surface area contributed by atoms with Crippen LogP contribution in [0.1, 0.15) is 31.0 Å². The molecule has 27 heavy (non-hydrogen) atoms. The van der Waals surface area contributed by atoms with Gasteiger partial charge >= 0.3 is 0 Å². The molecule has 1 saturated heterocycles. The SMILES string of the molecule is CCc1ncnc(N2CCCC(S(=O)(=O)N3CCc4ccccc43)C2)c1F. The topological polar surface area (TPSA) is 66.4 Å². The van der Waals surface area contributed by atoms with E-state index in [-0.39, 0.29) is 12.4 Å². The lowest BCUT2D eigenvalue weighted by Gasteiger charge is -2.35. The van der Waals surface area contributed by atoms with E-state index in [4.69, 9.17) is 0 Å². The fourth-order valence-electron chi connectivity index (χ4n) is 3.99. The number of rotatable bonds is 4. The summed E-state index contributed by atoms with van der Waals surface area (Å²) in [5, 5.41) is -0.572. The Hall–Kier alpha value is -2.22. The van der Waals surface area contributed by atoms with Crippen molar-refractivity contribution in [2.75, 3.05) is 28.8 Å². The monoisotopic (exact) mass is 390 g/mol. The Morgan fingerprint density at radius 2 is 2.04 bits per heavy atom. The van der Waals surface area contributed by atoms with Gasteiger partial charge in [0.15, 0.2) is 11.6 Å². The van der Waals surface area contributed by atoms with Gasteiger partial charge in [-0.05, 0) is 37.3 Å². The van der Waals surface area contributed by atoms with Crippen molar-refractivity contribution in [1.29, 1.82) is 0 Å². The Morgan fingerprint density at radius 3 is 2.85 bits per heavy atom. The molecule has 1 aromatic heterocycles. The van der Waals surface area contributed by atoms with Crippen molar-refractivity contribution < 1.29 is 12.8 Å². The summed E-state index contributed by atoms with van der Waals surface area (Å²) in [6, 6.07) is 7.63. The van der Waals surface area contributed by atoms with E-state index in [2.05, 4.69) is 9.97 Å². The van der Waals surface area contributed by atoms with Crippen molar-refractivity contribution in [2.24, 2.45) is 0 Å². The van der Waals surface area contributed by atoms with Gasteiger partial charge in [0.1, 0.15) is 6.33 Å². The molecular formula is C19H23FN4O2S. The average molecular weight is 390 g/mol. The largest absolute Gasteiger partial charge is 0.353 e. The number of piperidine rings is 1. The molecule has 3 heterocycles. The summed E-state index contributed by atoms with van der Waals surface area (Å²) in [6.07, 6.45) is 3.81. The van der Waals surface area contributed by atoms with Crippen molar-refractivity contribution in [3.63, 3.8) is 0 Å². The van der Waals surface area contributed by atoms with Gasteiger partial charge in [0.05, 0.1) is 16.6 Å². The molecule has 0 radical (unpaired) electrons. The van der Waals surface area contributed by atoms with E-state index in [0.717, 1.165) is 17.7 Å². The molecule has 0 aliphatic carbocycles. The highest BCUT2D eigenvalue weighted by atomic mass is 32.2. The molecule has 0 amide bonds. The van der Waals surface area contributed by atoms with Crippen LogP contribution in [0.3, 0.4) is 0 Å². The van der Waals surface area contributed by atoms with Gasteiger partial charge < -0.3 is 4.90 Å². The number of sulfonamides is 1. The Labute approximate surface area is 159 Å². The fraction of sp³-hybridized carbons (Fsp3) is 0.474. The molecule has 1 atom stereocenters. The highest BCUT2D eigenvalue weighted by molar-refractivity contribution is 7.93. The molecule has 1 unspecified atom stereocenters. The third kappa shape index (κ3) is 3.16. The molecule has 6 nitrogen and oxygen atoms in total. The van der Waals surface area contributed by atoms with Crippen molar-refractivity contribution in [1.82, 2.24) is 9.97 Å². The molecule has 8 heteroatoms. The molecule has 0 N–H and O–H groups in total. The standard InChI is InChI=1S/C19H23FN4O2S/c1-2-16-18(20)19(22-13-21-16)23-10-5-7-15(12-23)27(25,26)24-11-9-14-6-3-4-8-17(14)24/h3-4,6,8,13,15H,2,5,7,9-12H2,1H3. The number of anilines is 2. The Kier molecular flexibility index (Phi) is 4.75. The van der Waals surface area contributed by atoms with Crippen molar-refractivity contribution in [3.05, 3.63) is 47.7 Å². The summed E-state index contributed by atoms with van der Waals surface area (Å²) in [5.74, 6) is -0.229. The zero-order valence-electron chi connectivity index (χ0n) is 15.3. The quantitative estimate of drug-likeness (QED) is 0.803. The first-order valence-electron chi connectivity index (χ1n) is 9.36. The van der Waals surface area contributed by atoms with Gasteiger partial charge in [0, 0.05) is 19.6 Å². The number of halogens is 1. The Balaban J connectivity index is 1.60. The zero-order valence-corrected chi connectivity index (χ0v) is 16.1. The van der Waals surface area contributed by atoms with Gasteiger partial charge in [-0.1, -0.05) is 25.1 Å². The predicted octanol–water partition coefficient (Wildman–Crippen LogP) is 2.54. The van der Waals surface area contributed by atoms with Gasteiger partial charge in [0.2, 0.25) is 10.0 Å². The summed E-state index contributed by atoms with van der Waals surface area (Å²) < 4.78 is 42.8. The van der Waals surface area contributed by atoms with E-state index in [9.17, 15) is 12.8 Å². The third-order valence-corrected chi connectivity index (χ3v) is 7.65. The van der Waals surface area contributed by atoms with Crippen molar-refractivity contribution >= 4 is 21.5 Å². The number of aromatic nitrogens is 2. The molecule has 0 bridgehead atoms. The smallest absolute Gasteiger partial charge is 0.239 e. The molecule has 2 aromatic rings. The highest BCUT2D eigenvalue weighted by Crippen LogP contribution is 2.34. The van der Waals surface area contributed by atoms with Gasteiger partial charge in [0.25, 0.3) is 0 Å². The fourth-order valence-corrected chi connectivity index (χ4v) is 5.98. The Bertz CT molecular complexity index is 950. The maximum atomic E-state index is 14.7. The van der Waals surface area contributed by atoms with Crippen LogP contribution in [0.5, 0.6) is 0 Å². The first-order valence-corrected chi connectivity index (χ1v) is 10.9. The van der Waals surface area contributed by atoms with Crippen LogP contribution in [0.4, 0.5) is 15.9 Å². The lowest BCUT2D eigenvalue weighted by Crippen LogP contribution is -2.48. The molecule has 2 aliphatic rings. The minimum atomic E-state index is -3.52. The molecule has 2 aliphatic heterocycles. The van der Waals surface area contributed by atoms with E-state index in [1.807, 2.05) is 31.2 Å². The second-order valence-corrected chi connectivity index (χ2v) is 9.15. The first kappa shape index (κ1) is 18.2. The minimum absolute atomic E-state index is 0.212. The maximum absolute atomic E-state index is 14.7. The number of aryl methyl sites for hydroxylation is 1. The molecule has 1 aromatic carbocycles. The molecule has 1 fully saturated rings. The van der Waals surface area contributed by atoms with Gasteiger partial charge in [-0.25, -0.2) is 22.8 Å². The Morgan fingerprint density at radius 1 is 1.22 bits per heavy atom. The van der Waals surface area contributed by atoms with Crippen LogP contribution in [0.15, 0.2) is 30.6 Å². The lowest BCUT2D eigenvalue weighted by molar-refractivity contribution is 0.515. The highest BCUT2D eigenvalue weighted by Gasteiger charge is 2.39. The van der Waals surface area contributed by atoms with Gasteiger partial charge in [-0.15, -0.1) is 0 Å². The molecule has 144 valence electrons. The number of fused-ring (bicyclic) bond motifs is 1. The normalized spacial score (nSPS) is 20.0. The van der Waals surface area contributed by atoms with E-state index >= 15 is 0 Å². The van der Waals surface area contributed by atoms with Crippen molar-refractivity contribution in [3.8, 4) is 0 Å². The third-order valence-electron chi connectivity index (χ3n) is 5.43. The number of nitrogens with zero attached hydrogens (tertiary/aromatic N) is 4. The second-order valence-electron chi connectivity index (χ2n) is 7.02. The van der Waals surface area contributed by atoms with E-state index < -0.39 is 21.1 Å². The molecular weight excluding hydrogens is 367 g/mol. The van der Waals surface area contributed by atoms with Crippen LogP contribution in [-0.2, 0) is 22.9 Å². The van der Waals surface area contributed by atoms with E-state index in [0.29, 0.717) is 38.0 Å².